The highest BCUT2D eigenvalue weighted by molar-refractivity contribution is 7.98. The number of thiophene rings is 1. The maximum absolute atomic E-state index is 6.06. The standard InChI is InChI=1S/C17H14N4OS2/c1-23-17-19-16-15(20-21-17)12-6-2-3-7-13(12)18-14(22-16)9-8-11-5-4-10-24-11/h2-10,14,18H,1H3/b9-8+. The van der Waals surface area contributed by atoms with E-state index in [9.17, 15) is 0 Å². The molecule has 0 bridgehead atoms. The summed E-state index contributed by atoms with van der Waals surface area (Å²) in [5, 5.41) is 14.5. The Kier molecular flexibility index (Phi) is 4.18. The third-order valence-corrected chi connectivity index (χ3v) is 4.89. The van der Waals surface area contributed by atoms with Crippen molar-refractivity contribution in [2.24, 2.45) is 0 Å². The van der Waals surface area contributed by atoms with E-state index in [0.717, 1.165) is 11.3 Å². The minimum absolute atomic E-state index is 0.332. The molecule has 0 aliphatic carbocycles. The Labute approximate surface area is 147 Å². The average molecular weight is 354 g/mol. The summed E-state index contributed by atoms with van der Waals surface area (Å²) in [6.45, 7) is 0. The Balaban J connectivity index is 1.75. The molecule has 5 nitrogen and oxygen atoms in total. The molecule has 0 saturated carbocycles. The topological polar surface area (TPSA) is 59.9 Å². The van der Waals surface area contributed by atoms with Crippen LogP contribution in [0.15, 0.2) is 53.0 Å². The number of ether oxygens (including phenoxy) is 1. The Morgan fingerprint density at radius 1 is 1.21 bits per heavy atom. The van der Waals surface area contributed by atoms with Crippen LogP contribution in [-0.4, -0.2) is 27.7 Å². The molecule has 3 aromatic rings. The normalized spacial score (nSPS) is 16.0. The molecule has 0 spiro atoms. The molecule has 1 aliphatic rings. The largest absolute Gasteiger partial charge is 0.448 e. The smallest absolute Gasteiger partial charge is 0.247 e. The third kappa shape index (κ3) is 3.00. The second-order valence-corrected chi connectivity index (χ2v) is 6.81. The molecule has 0 saturated heterocycles. The summed E-state index contributed by atoms with van der Waals surface area (Å²) in [6.07, 6.45) is 5.61. The number of hydrogen-bond acceptors (Lipinski definition) is 7. The number of thioether (sulfide) groups is 1. The quantitative estimate of drug-likeness (QED) is 0.713. The minimum Gasteiger partial charge on any atom is -0.448 e. The van der Waals surface area contributed by atoms with Gasteiger partial charge in [0.2, 0.25) is 11.0 Å². The second kappa shape index (κ2) is 6.62. The van der Waals surface area contributed by atoms with Crippen molar-refractivity contribution in [1.29, 1.82) is 0 Å². The van der Waals surface area contributed by atoms with Crippen LogP contribution in [0.5, 0.6) is 5.88 Å². The van der Waals surface area contributed by atoms with Gasteiger partial charge in [-0.2, -0.15) is 4.98 Å². The van der Waals surface area contributed by atoms with Gasteiger partial charge in [0.15, 0.2) is 11.9 Å². The number of rotatable bonds is 3. The van der Waals surface area contributed by atoms with Gasteiger partial charge in [0.25, 0.3) is 0 Å². The number of fused-ring (bicyclic) bond motifs is 3. The van der Waals surface area contributed by atoms with E-state index in [2.05, 4.69) is 26.6 Å². The Bertz CT molecular complexity index is 880. The van der Waals surface area contributed by atoms with E-state index in [1.807, 2.05) is 54.1 Å². The molecule has 1 aliphatic heterocycles. The number of nitrogens with zero attached hydrogens (tertiary/aromatic N) is 3. The monoisotopic (exact) mass is 354 g/mol. The zero-order chi connectivity index (χ0) is 16.4. The number of anilines is 1. The lowest BCUT2D eigenvalue weighted by atomic mass is 10.1. The molecule has 0 radical (unpaired) electrons. The molecule has 120 valence electrons. The number of para-hydroxylation sites is 1. The first-order chi connectivity index (χ1) is 11.8. The molecule has 1 atom stereocenters. The molecular weight excluding hydrogens is 340 g/mol. The van der Waals surface area contributed by atoms with Crippen molar-refractivity contribution in [3.63, 3.8) is 0 Å². The van der Waals surface area contributed by atoms with Crippen LogP contribution >= 0.6 is 23.1 Å². The van der Waals surface area contributed by atoms with Crippen LogP contribution in [0.1, 0.15) is 4.88 Å². The fraction of sp³-hybridized carbons (Fsp3) is 0.118. The van der Waals surface area contributed by atoms with Crippen LogP contribution < -0.4 is 10.1 Å². The van der Waals surface area contributed by atoms with Gasteiger partial charge in [0.1, 0.15) is 0 Å². The van der Waals surface area contributed by atoms with Gasteiger partial charge >= 0.3 is 0 Å². The van der Waals surface area contributed by atoms with E-state index in [0.29, 0.717) is 16.7 Å². The molecule has 7 heteroatoms. The first-order valence-electron chi connectivity index (χ1n) is 7.36. The van der Waals surface area contributed by atoms with Gasteiger partial charge in [-0.25, -0.2) is 0 Å². The van der Waals surface area contributed by atoms with Crippen LogP contribution in [-0.2, 0) is 0 Å². The first kappa shape index (κ1) is 15.2. The lowest BCUT2D eigenvalue weighted by Crippen LogP contribution is -2.23. The lowest BCUT2D eigenvalue weighted by molar-refractivity contribution is 0.266. The zero-order valence-electron chi connectivity index (χ0n) is 12.8. The van der Waals surface area contributed by atoms with E-state index in [1.165, 1.54) is 16.6 Å². The van der Waals surface area contributed by atoms with Crippen molar-refractivity contribution in [2.75, 3.05) is 11.6 Å². The molecule has 0 fully saturated rings. The second-order valence-electron chi connectivity index (χ2n) is 5.06. The summed E-state index contributed by atoms with van der Waals surface area (Å²) < 4.78 is 6.06. The van der Waals surface area contributed by atoms with Crippen molar-refractivity contribution in [2.45, 2.75) is 11.4 Å². The number of nitrogens with one attached hydrogen (secondary N) is 1. The van der Waals surface area contributed by atoms with Gasteiger partial charge < -0.3 is 10.1 Å². The summed E-state index contributed by atoms with van der Waals surface area (Å²) in [5.74, 6) is 0.493. The van der Waals surface area contributed by atoms with Crippen molar-refractivity contribution >= 4 is 34.9 Å². The average Bonchev–Trinajstić information content (AvgIpc) is 3.08. The fourth-order valence-corrected chi connectivity index (χ4v) is 3.33. The molecular formula is C17H14N4OS2. The van der Waals surface area contributed by atoms with Crippen molar-refractivity contribution < 1.29 is 4.74 Å². The SMILES string of the molecule is CSc1nnc2c(n1)OC(/C=C/c1cccs1)Nc1ccccc1-2. The summed E-state index contributed by atoms with van der Waals surface area (Å²) >= 11 is 3.12. The predicted molar refractivity (Wildman–Crippen MR) is 98.4 cm³/mol. The van der Waals surface area contributed by atoms with E-state index < -0.39 is 0 Å². The van der Waals surface area contributed by atoms with Gasteiger partial charge in [0.05, 0.1) is 0 Å². The van der Waals surface area contributed by atoms with E-state index in [4.69, 9.17) is 4.74 Å². The van der Waals surface area contributed by atoms with Crippen molar-refractivity contribution in [1.82, 2.24) is 15.2 Å². The van der Waals surface area contributed by atoms with E-state index in [1.54, 1.807) is 11.3 Å². The Morgan fingerprint density at radius 2 is 2.12 bits per heavy atom. The van der Waals surface area contributed by atoms with Crippen LogP contribution in [0.3, 0.4) is 0 Å². The lowest BCUT2D eigenvalue weighted by Gasteiger charge is -2.15. The van der Waals surface area contributed by atoms with Crippen LogP contribution in [0.4, 0.5) is 5.69 Å². The van der Waals surface area contributed by atoms with Crippen LogP contribution in [0, 0.1) is 0 Å². The molecule has 1 N–H and O–H groups in total. The highest BCUT2D eigenvalue weighted by atomic mass is 32.2. The van der Waals surface area contributed by atoms with Crippen molar-refractivity contribution in [3.05, 3.63) is 52.7 Å². The van der Waals surface area contributed by atoms with Gasteiger partial charge in [0, 0.05) is 16.1 Å². The summed E-state index contributed by atoms with van der Waals surface area (Å²) in [5.41, 5.74) is 2.54. The number of benzene rings is 1. The van der Waals surface area contributed by atoms with Crippen molar-refractivity contribution in [3.8, 4) is 17.1 Å². The highest BCUT2D eigenvalue weighted by Gasteiger charge is 2.23. The van der Waals surface area contributed by atoms with Gasteiger partial charge in [-0.05, 0) is 35.9 Å². The maximum atomic E-state index is 6.06. The Morgan fingerprint density at radius 3 is 2.96 bits per heavy atom. The summed E-state index contributed by atoms with van der Waals surface area (Å²) in [6, 6.07) is 12.0. The van der Waals surface area contributed by atoms with Crippen LogP contribution in [0.2, 0.25) is 0 Å². The van der Waals surface area contributed by atoms with E-state index in [-0.39, 0.29) is 6.23 Å². The van der Waals surface area contributed by atoms with Gasteiger partial charge in [-0.1, -0.05) is 36.0 Å². The maximum Gasteiger partial charge on any atom is 0.247 e. The van der Waals surface area contributed by atoms with Gasteiger partial charge in [-0.3, -0.25) is 0 Å². The van der Waals surface area contributed by atoms with Crippen LogP contribution in [0.25, 0.3) is 17.3 Å². The fourth-order valence-electron chi connectivity index (χ4n) is 2.41. The predicted octanol–water partition coefficient (Wildman–Crippen LogP) is 4.17. The zero-order valence-corrected chi connectivity index (χ0v) is 14.5. The molecule has 1 unspecified atom stereocenters. The summed E-state index contributed by atoms with van der Waals surface area (Å²) in [7, 11) is 0. The van der Waals surface area contributed by atoms with E-state index >= 15 is 0 Å². The molecule has 1 aromatic carbocycles. The third-order valence-electron chi connectivity index (χ3n) is 3.51. The summed E-state index contributed by atoms with van der Waals surface area (Å²) in [4.78, 5) is 5.65. The number of hydrogen-bond donors (Lipinski definition) is 1. The molecule has 3 heterocycles. The molecule has 24 heavy (non-hydrogen) atoms. The minimum atomic E-state index is -0.332. The highest BCUT2D eigenvalue weighted by Crippen LogP contribution is 2.36. The number of aromatic nitrogens is 3. The van der Waals surface area contributed by atoms with Gasteiger partial charge in [-0.15, -0.1) is 21.5 Å². The molecule has 0 amide bonds. The first-order valence-corrected chi connectivity index (χ1v) is 9.47. The molecule has 4 rings (SSSR count). The Hall–Kier alpha value is -2.38. The molecule has 2 aromatic heterocycles.